The molecule has 21 heavy (non-hydrogen) atoms. The molecule has 1 heterocycles. The van der Waals surface area contributed by atoms with Crippen molar-refractivity contribution in [3.8, 4) is 0 Å². The van der Waals surface area contributed by atoms with Gasteiger partial charge in [-0.2, -0.15) is 18.3 Å². The van der Waals surface area contributed by atoms with E-state index < -0.39 is 38.8 Å². The number of oxime groups is 1. The second kappa shape index (κ2) is 5.62. The van der Waals surface area contributed by atoms with Crippen molar-refractivity contribution in [2.24, 2.45) is 10.3 Å². The molecule has 0 fully saturated rings. The van der Waals surface area contributed by atoms with Gasteiger partial charge in [-0.05, 0) is 13.8 Å². The van der Waals surface area contributed by atoms with Gasteiger partial charge in [0, 0.05) is 13.5 Å². The lowest BCUT2D eigenvalue weighted by Gasteiger charge is -2.14. The maximum Gasteiger partial charge on any atom is 0.434 e. The van der Waals surface area contributed by atoms with E-state index in [-0.39, 0.29) is 11.5 Å². The Hall–Kier alpha value is -1.65. The Labute approximate surface area is 119 Å². The molecule has 0 unspecified atom stereocenters. The van der Waals surface area contributed by atoms with Crippen LogP contribution in [0, 0.1) is 5.41 Å². The SMILES string of the molecule is CN/N=C(/CS(=O)(=O)C1=NOC(C)(C)C1)C(=N)C(F)(F)F. The summed E-state index contributed by atoms with van der Waals surface area (Å²) in [6.07, 6.45) is -5.04. The van der Waals surface area contributed by atoms with Gasteiger partial charge in [0.25, 0.3) is 0 Å². The van der Waals surface area contributed by atoms with E-state index in [4.69, 9.17) is 10.2 Å². The molecule has 2 N–H and O–H groups in total. The lowest BCUT2D eigenvalue weighted by Crippen LogP contribution is -2.37. The highest BCUT2D eigenvalue weighted by molar-refractivity contribution is 8.07. The molecular formula is C10H15F3N4O3S. The van der Waals surface area contributed by atoms with Crippen molar-refractivity contribution in [2.45, 2.75) is 32.0 Å². The first kappa shape index (κ1) is 17.4. The molecule has 0 amide bonds. The van der Waals surface area contributed by atoms with Gasteiger partial charge in [0.1, 0.15) is 17.1 Å². The molecule has 0 radical (unpaired) electrons. The minimum atomic E-state index is -4.99. The molecule has 1 rings (SSSR count). The van der Waals surface area contributed by atoms with Crippen molar-refractivity contribution < 1.29 is 26.4 Å². The number of rotatable bonds is 4. The number of sulfone groups is 1. The predicted molar refractivity (Wildman–Crippen MR) is 71.3 cm³/mol. The van der Waals surface area contributed by atoms with Gasteiger partial charge in [-0.15, -0.1) is 0 Å². The zero-order chi connectivity index (χ0) is 16.5. The van der Waals surface area contributed by atoms with Crippen LogP contribution < -0.4 is 5.43 Å². The average Bonchev–Trinajstić information content (AvgIpc) is 2.67. The second-order valence-electron chi connectivity index (χ2n) is 4.93. The van der Waals surface area contributed by atoms with Crippen molar-refractivity contribution in [2.75, 3.05) is 12.8 Å². The number of alkyl halides is 3. The van der Waals surface area contributed by atoms with Crippen LogP contribution >= 0.6 is 0 Å². The molecule has 0 aromatic carbocycles. The fourth-order valence-electron chi connectivity index (χ4n) is 1.49. The van der Waals surface area contributed by atoms with Crippen molar-refractivity contribution in [3.05, 3.63) is 0 Å². The number of hydrogen-bond acceptors (Lipinski definition) is 7. The Balaban J connectivity index is 3.01. The molecule has 0 aromatic rings. The Bertz CT molecular complexity index is 593. The summed E-state index contributed by atoms with van der Waals surface area (Å²) in [6, 6.07) is 0. The summed E-state index contributed by atoms with van der Waals surface area (Å²) in [5.41, 5.74) is -1.52. The molecule has 0 bridgehead atoms. The standard InChI is InChI=1S/C10H15F3N4O3S/c1-9(2)4-7(17-20-9)21(18,19)5-6(16-15-3)8(14)10(11,12)13/h14-15H,4-5H2,1-3H3/b14-8?,16-6-. The Kier molecular flexibility index (Phi) is 4.66. The van der Waals surface area contributed by atoms with Gasteiger partial charge in [-0.3, -0.25) is 5.41 Å². The summed E-state index contributed by atoms with van der Waals surface area (Å²) in [6.45, 7) is 3.19. The van der Waals surface area contributed by atoms with E-state index >= 15 is 0 Å². The summed E-state index contributed by atoms with van der Waals surface area (Å²) >= 11 is 0. The molecule has 1 aliphatic heterocycles. The van der Waals surface area contributed by atoms with Crippen molar-refractivity contribution in [1.82, 2.24) is 5.43 Å². The van der Waals surface area contributed by atoms with E-state index in [1.807, 2.05) is 0 Å². The van der Waals surface area contributed by atoms with Crippen molar-refractivity contribution in [1.29, 1.82) is 5.41 Å². The molecule has 11 heteroatoms. The van der Waals surface area contributed by atoms with Crippen LogP contribution in [0.1, 0.15) is 20.3 Å². The van der Waals surface area contributed by atoms with Crippen molar-refractivity contribution >= 4 is 26.3 Å². The zero-order valence-corrected chi connectivity index (χ0v) is 12.4. The van der Waals surface area contributed by atoms with Crippen LogP contribution in [0.15, 0.2) is 10.3 Å². The van der Waals surface area contributed by atoms with Gasteiger partial charge < -0.3 is 10.3 Å². The van der Waals surface area contributed by atoms with E-state index in [1.54, 1.807) is 13.8 Å². The van der Waals surface area contributed by atoms with Crippen LogP contribution in [0.25, 0.3) is 0 Å². The molecule has 0 saturated carbocycles. The lowest BCUT2D eigenvalue weighted by atomic mass is 10.1. The number of nitrogens with one attached hydrogen (secondary N) is 2. The summed E-state index contributed by atoms with van der Waals surface area (Å²) in [5.74, 6) is -1.08. The highest BCUT2D eigenvalue weighted by atomic mass is 32.2. The van der Waals surface area contributed by atoms with E-state index in [0.29, 0.717) is 0 Å². The third-order valence-corrected chi connectivity index (χ3v) is 4.07. The highest BCUT2D eigenvalue weighted by Gasteiger charge is 2.42. The molecule has 0 aliphatic carbocycles. The van der Waals surface area contributed by atoms with Crippen LogP contribution in [0.2, 0.25) is 0 Å². The van der Waals surface area contributed by atoms with Gasteiger partial charge in [0.15, 0.2) is 10.8 Å². The van der Waals surface area contributed by atoms with Crippen LogP contribution in [0.5, 0.6) is 0 Å². The summed E-state index contributed by atoms with van der Waals surface area (Å²) < 4.78 is 61.7. The number of nitrogens with zero attached hydrogens (tertiary/aromatic N) is 2. The van der Waals surface area contributed by atoms with Crippen molar-refractivity contribution in [3.63, 3.8) is 0 Å². The zero-order valence-electron chi connectivity index (χ0n) is 11.6. The van der Waals surface area contributed by atoms with E-state index in [2.05, 4.69) is 15.7 Å². The highest BCUT2D eigenvalue weighted by Crippen LogP contribution is 2.25. The van der Waals surface area contributed by atoms with Gasteiger partial charge in [-0.25, -0.2) is 8.42 Å². The quantitative estimate of drug-likeness (QED) is 0.595. The first-order valence-corrected chi connectivity index (χ1v) is 7.41. The first-order valence-electron chi connectivity index (χ1n) is 5.76. The molecule has 1 aliphatic rings. The Morgan fingerprint density at radius 1 is 1.52 bits per heavy atom. The average molecular weight is 328 g/mol. The van der Waals surface area contributed by atoms with Gasteiger partial charge in [0.2, 0.25) is 9.84 Å². The maximum absolute atomic E-state index is 12.5. The first-order chi connectivity index (χ1) is 9.39. The van der Waals surface area contributed by atoms with Gasteiger partial charge in [-0.1, -0.05) is 5.16 Å². The molecule has 0 saturated heterocycles. The summed E-state index contributed by atoms with van der Waals surface area (Å²) in [5, 5.41) is 13.3. The largest absolute Gasteiger partial charge is 0.434 e. The van der Waals surface area contributed by atoms with E-state index in [1.165, 1.54) is 7.05 Å². The van der Waals surface area contributed by atoms with Gasteiger partial charge >= 0.3 is 6.18 Å². The third kappa shape index (κ3) is 4.41. The van der Waals surface area contributed by atoms with Crippen LogP contribution in [-0.2, 0) is 14.7 Å². The molecule has 0 spiro atoms. The van der Waals surface area contributed by atoms with Gasteiger partial charge in [0.05, 0.1) is 0 Å². The Morgan fingerprint density at radius 2 is 2.10 bits per heavy atom. The molecular weight excluding hydrogens is 313 g/mol. The smallest absolute Gasteiger partial charge is 0.389 e. The maximum atomic E-state index is 12.5. The topological polar surface area (TPSA) is 104 Å². The van der Waals surface area contributed by atoms with Crippen LogP contribution in [0.4, 0.5) is 13.2 Å². The molecule has 0 atom stereocenters. The van der Waals surface area contributed by atoms with E-state index in [0.717, 1.165) is 0 Å². The fraction of sp³-hybridized carbons (Fsp3) is 0.700. The molecule has 7 nitrogen and oxygen atoms in total. The molecule has 0 aromatic heterocycles. The lowest BCUT2D eigenvalue weighted by molar-refractivity contribution is -0.0573. The van der Waals surface area contributed by atoms with E-state index in [9.17, 15) is 21.6 Å². The minimum absolute atomic E-state index is 0.0540. The predicted octanol–water partition coefficient (Wildman–Crippen LogP) is 1.07. The number of hydrogen-bond donors (Lipinski definition) is 2. The second-order valence-corrected chi connectivity index (χ2v) is 6.92. The van der Waals surface area contributed by atoms with Crippen LogP contribution in [0.3, 0.4) is 0 Å². The number of halogens is 3. The summed E-state index contributed by atoms with van der Waals surface area (Å²) in [4.78, 5) is 4.89. The number of hydrazone groups is 1. The summed E-state index contributed by atoms with van der Waals surface area (Å²) in [7, 11) is -2.94. The fourth-order valence-corrected chi connectivity index (χ4v) is 2.95. The monoisotopic (exact) mass is 328 g/mol. The normalized spacial score (nSPS) is 19.0. The Morgan fingerprint density at radius 3 is 2.48 bits per heavy atom. The third-order valence-electron chi connectivity index (χ3n) is 2.48. The minimum Gasteiger partial charge on any atom is -0.389 e. The van der Waals surface area contributed by atoms with Crippen LogP contribution in [-0.4, -0.2) is 49.5 Å². The molecule has 120 valence electrons.